The molecule has 64 heavy (non-hydrogen) atoms. The van der Waals surface area contributed by atoms with Gasteiger partial charge in [-0.2, -0.15) is 0 Å². The molecule has 2 aliphatic heterocycles. The van der Waals surface area contributed by atoms with E-state index < -0.39 is 0 Å². The fourth-order valence-corrected chi connectivity index (χ4v) is 8.79. The van der Waals surface area contributed by atoms with Gasteiger partial charge in [0.25, 0.3) is 0 Å². The van der Waals surface area contributed by atoms with Crippen molar-refractivity contribution in [1.82, 2.24) is 14.7 Å². The van der Waals surface area contributed by atoms with Crippen molar-refractivity contribution in [3.63, 3.8) is 0 Å². The van der Waals surface area contributed by atoms with Crippen LogP contribution in [0.2, 0.25) is 0 Å². The van der Waals surface area contributed by atoms with Gasteiger partial charge < -0.3 is 25.2 Å². The maximum Gasteiger partial charge on any atom is 2.00 e. The smallest absolute Gasteiger partial charge is 0.536 e. The number of rotatable bonds is 12. The Morgan fingerprint density at radius 1 is 0.297 bits per heavy atom. The van der Waals surface area contributed by atoms with E-state index in [2.05, 4.69) is 202 Å². The van der Waals surface area contributed by atoms with Crippen LogP contribution in [0.1, 0.15) is 33.4 Å². The van der Waals surface area contributed by atoms with Crippen molar-refractivity contribution < 1.29 is 59.4 Å². The molecule has 8 rings (SSSR count). The number of quaternary nitrogens is 3. The minimum absolute atomic E-state index is 0. The summed E-state index contributed by atoms with van der Waals surface area (Å²) >= 11 is 0. The monoisotopic (exact) mass is 961 g/mol. The van der Waals surface area contributed by atoms with Crippen LogP contribution in [0.4, 0.5) is 0 Å². The second-order valence-electron chi connectivity index (χ2n) is 17.0. The van der Waals surface area contributed by atoms with Gasteiger partial charge in [0.05, 0.1) is 26.2 Å². The average Bonchev–Trinajstić information content (AvgIpc) is 3.48. The van der Waals surface area contributed by atoms with Crippen LogP contribution in [0.5, 0.6) is 0 Å². The molecule has 2 radical (unpaired) electrons. The summed E-state index contributed by atoms with van der Waals surface area (Å²) in [5, 5.41) is 12.0. The van der Waals surface area contributed by atoms with Crippen LogP contribution in [-0.2, 0) is 73.4 Å². The predicted molar refractivity (Wildman–Crippen MR) is 251 cm³/mol. The van der Waals surface area contributed by atoms with Crippen LogP contribution in [0, 0.1) is 0 Å². The number of nitrogens with one attached hydrogen (secondary N) is 3. The Balaban J connectivity index is 0.000000262. The average molecular weight is 963 g/mol. The molecule has 2 atom stereocenters. The standard InChI is InChI=1S/2C27H33N3.2Cu.H2O2/c2*1-4-10-25(11-5-1)22-28-16-18-29(23-26-12-6-2-7-13-26)20-21-30(19-17-28)24-27-14-8-3-9-15-27;;;1-2/h2*1-15H,16-24H2;;;1H2/q;;2*+2;/p+3. The Morgan fingerprint density at radius 2 is 0.500 bits per heavy atom. The van der Waals surface area contributed by atoms with Crippen molar-refractivity contribution in [1.29, 1.82) is 0 Å². The minimum atomic E-state index is 0. The SMILES string of the molecule is [Cu+2].[Cu+2].[O-][OH2+].c1ccc(CN2CCN(Cc3ccccc3)CC[NH+](Cc3ccccc3)CC2)cc1.c1ccc(CN2CC[NH+](Cc3ccccc3)CC[NH+](Cc3ccccc3)CC2)cc1. The first-order chi connectivity index (χ1) is 30.7. The number of hydrogen-bond donors (Lipinski definition) is 3. The summed E-state index contributed by atoms with van der Waals surface area (Å²) in [6.45, 7) is 20.6. The van der Waals surface area contributed by atoms with Crippen LogP contribution < -0.4 is 20.0 Å². The van der Waals surface area contributed by atoms with Gasteiger partial charge in [-0.25, -0.2) is 0 Å². The Hall–Kier alpha value is -3.96. The largest absolute Gasteiger partial charge is 2.00 e. The number of benzene rings is 6. The molecule has 10 heteroatoms. The summed E-state index contributed by atoms with van der Waals surface area (Å²) in [6.07, 6.45) is 0. The molecule has 2 heterocycles. The van der Waals surface area contributed by atoms with Gasteiger partial charge in [0, 0.05) is 75.6 Å². The molecule has 8 nitrogen and oxygen atoms in total. The van der Waals surface area contributed by atoms with E-state index in [0.717, 1.165) is 78.5 Å². The van der Waals surface area contributed by atoms with Crippen molar-refractivity contribution >= 4 is 0 Å². The molecule has 5 N–H and O–H groups in total. The van der Waals surface area contributed by atoms with Crippen molar-refractivity contribution in [3.05, 3.63) is 215 Å². The van der Waals surface area contributed by atoms with E-state index in [1.807, 2.05) is 0 Å². The van der Waals surface area contributed by atoms with Crippen molar-refractivity contribution in [2.45, 2.75) is 39.3 Å². The first kappa shape index (κ1) is 52.7. The van der Waals surface area contributed by atoms with Crippen LogP contribution >= 0.6 is 0 Å². The topological polar surface area (TPSA) is 69.0 Å². The Labute approximate surface area is 405 Å². The van der Waals surface area contributed by atoms with E-state index in [1.165, 1.54) is 72.6 Å². The van der Waals surface area contributed by atoms with Gasteiger partial charge >= 0.3 is 34.1 Å². The molecule has 0 bridgehead atoms. The fraction of sp³-hybridized carbons (Fsp3) is 0.333. The van der Waals surface area contributed by atoms with Crippen LogP contribution in [0.15, 0.2) is 182 Å². The Morgan fingerprint density at radius 3 is 0.750 bits per heavy atom. The summed E-state index contributed by atoms with van der Waals surface area (Å²) in [7, 11) is 0. The predicted octanol–water partition coefficient (Wildman–Crippen LogP) is 2.74. The molecule has 6 aromatic carbocycles. The third-order valence-corrected chi connectivity index (χ3v) is 12.3. The van der Waals surface area contributed by atoms with E-state index in [9.17, 15) is 0 Å². The van der Waals surface area contributed by atoms with Gasteiger partial charge in [-0.15, -0.1) is 0 Å². The molecule has 2 saturated heterocycles. The summed E-state index contributed by atoms with van der Waals surface area (Å²) in [5.74, 6) is 0. The molecule has 0 aromatic heterocycles. The zero-order chi connectivity index (χ0) is 42.9. The van der Waals surface area contributed by atoms with Gasteiger partial charge in [-0.05, 0) is 16.7 Å². The van der Waals surface area contributed by atoms with Crippen molar-refractivity contribution in [2.75, 3.05) is 78.5 Å². The maximum absolute atomic E-state index is 7.50. The zero-order valence-electron chi connectivity index (χ0n) is 37.4. The number of hydrogen-bond acceptors (Lipinski definition) is 4. The molecule has 6 aromatic rings. The van der Waals surface area contributed by atoms with Crippen LogP contribution in [0.3, 0.4) is 0 Å². The van der Waals surface area contributed by atoms with Gasteiger partial charge in [0.1, 0.15) is 32.7 Å². The zero-order valence-corrected chi connectivity index (χ0v) is 39.3. The molecule has 0 aliphatic carbocycles. The summed E-state index contributed by atoms with van der Waals surface area (Å²) < 4.78 is 0. The van der Waals surface area contributed by atoms with Gasteiger partial charge in [0.15, 0.2) is 0 Å². The van der Waals surface area contributed by atoms with E-state index >= 15 is 0 Å². The molecule has 0 spiro atoms. The van der Waals surface area contributed by atoms with Crippen LogP contribution in [0.25, 0.3) is 0 Å². The third-order valence-electron chi connectivity index (χ3n) is 12.3. The van der Waals surface area contributed by atoms with Gasteiger partial charge in [0.2, 0.25) is 0 Å². The molecule has 2 unspecified atom stereocenters. The molecule has 2 aliphatic rings. The molecule has 2 fully saturated rings. The summed E-state index contributed by atoms with van der Waals surface area (Å²) in [4.78, 5) is 13.0. The Bertz CT molecular complexity index is 1620. The first-order valence-electron chi connectivity index (χ1n) is 22.8. The van der Waals surface area contributed by atoms with E-state index in [1.54, 1.807) is 14.7 Å². The summed E-state index contributed by atoms with van der Waals surface area (Å²) in [6, 6.07) is 65.7. The number of nitrogens with zero attached hydrogens (tertiary/aromatic N) is 3. The third kappa shape index (κ3) is 19.6. The fourth-order valence-electron chi connectivity index (χ4n) is 8.79. The van der Waals surface area contributed by atoms with E-state index in [4.69, 9.17) is 5.26 Å². The summed E-state index contributed by atoms with van der Waals surface area (Å²) in [5.41, 5.74) is 8.59. The van der Waals surface area contributed by atoms with Gasteiger partial charge in [-0.1, -0.05) is 182 Å². The Kier molecular flexibility index (Phi) is 25.5. The van der Waals surface area contributed by atoms with E-state index in [-0.39, 0.29) is 34.1 Å². The molecular formula is C54H71Cu2N6O2+7. The normalized spacial score (nSPS) is 17.9. The van der Waals surface area contributed by atoms with E-state index in [0.29, 0.717) is 0 Å². The second-order valence-corrected chi connectivity index (χ2v) is 17.0. The van der Waals surface area contributed by atoms with Gasteiger partial charge in [-0.3, -0.25) is 14.7 Å². The quantitative estimate of drug-likeness (QED) is 0.0766. The van der Waals surface area contributed by atoms with Crippen molar-refractivity contribution in [2.24, 2.45) is 0 Å². The maximum atomic E-state index is 7.50. The molecule has 344 valence electrons. The van der Waals surface area contributed by atoms with Crippen molar-refractivity contribution in [3.8, 4) is 0 Å². The molecule has 0 saturated carbocycles. The second kappa shape index (κ2) is 31.0. The minimum Gasteiger partial charge on any atom is -0.536 e. The first-order valence-corrected chi connectivity index (χ1v) is 22.8. The van der Waals surface area contributed by atoms with Crippen LogP contribution in [-0.4, -0.2) is 98.5 Å². The molecule has 0 amide bonds. The molecular weight excluding hydrogens is 892 g/mol.